The van der Waals surface area contributed by atoms with Crippen molar-refractivity contribution in [1.82, 2.24) is 21.3 Å². The van der Waals surface area contributed by atoms with E-state index in [-0.39, 0.29) is 61.8 Å². The lowest BCUT2D eigenvalue weighted by Gasteiger charge is -2.28. The molecule has 0 saturated heterocycles. The van der Waals surface area contributed by atoms with Gasteiger partial charge in [-0.2, -0.15) is 0 Å². The number of nitrogens with one attached hydrogen (secondary N) is 4. The number of alkyl halides is 1. The molecule has 0 aliphatic carbocycles. The highest BCUT2D eigenvalue weighted by Crippen LogP contribution is 2.11. The Morgan fingerprint density at radius 3 is 1.61 bits per heavy atom. The molecule has 51 heavy (non-hydrogen) atoms. The van der Waals surface area contributed by atoms with E-state index in [1.165, 1.54) is 19.3 Å². The van der Waals surface area contributed by atoms with Gasteiger partial charge in [-0.25, -0.2) is 0 Å². The van der Waals surface area contributed by atoms with E-state index >= 15 is 0 Å². The Hall–Kier alpha value is -3.66. The average Bonchev–Trinajstić information content (AvgIpc) is 3.07. The van der Waals surface area contributed by atoms with Crippen LogP contribution >= 0.6 is 11.6 Å². The van der Waals surface area contributed by atoms with E-state index in [0.717, 1.165) is 19.3 Å². The van der Waals surface area contributed by atoms with Crippen LogP contribution < -0.4 is 49.9 Å². The van der Waals surface area contributed by atoms with Crippen LogP contribution in [-0.4, -0.2) is 91.0 Å². The zero-order chi connectivity index (χ0) is 38.6. The Kier molecular flexibility index (Phi) is 26.9. The number of hydrogen-bond acceptors (Lipinski definition) is 8. The smallest absolute Gasteiger partial charge is 0.243 e. The van der Waals surface area contributed by atoms with Gasteiger partial charge in [-0.15, -0.1) is 11.6 Å². The first-order valence-electron chi connectivity index (χ1n) is 18.4. The molecule has 0 aromatic carbocycles. The number of nitrogens with zero attached hydrogens (tertiary/aromatic N) is 2. The number of amides is 4. The van der Waals surface area contributed by atoms with Gasteiger partial charge >= 0.3 is 0 Å². The molecule has 0 heterocycles. The zero-order valence-corrected chi connectivity index (χ0v) is 31.8. The number of aliphatic imine (C=N–C) groups is 2. The fourth-order valence-electron chi connectivity index (χ4n) is 5.28. The number of rotatable bonds is 30. The van der Waals surface area contributed by atoms with Crippen LogP contribution in [0.5, 0.6) is 0 Å². The normalized spacial score (nSPS) is 13.3. The van der Waals surface area contributed by atoms with Gasteiger partial charge in [-0.05, 0) is 63.8 Å². The quantitative estimate of drug-likeness (QED) is 0.0215. The minimum absolute atomic E-state index is 0.0821. The number of nitrogens with two attached hydrogens (primary N) is 5. The van der Waals surface area contributed by atoms with Crippen molar-refractivity contribution in [2.24, 2.45) is 44.6 Å². The van der Waals surface area contributed by atoms with E-state index in [2.05, 4.69) is 38.2 Å². The Bertz CT molecular complexity index is 1100. The third kappa shape index (κ3) is 23.4. The maximum atomic E-state index is 13.7. The highest BCUT2D eigenvalue weighted by Gasteiger charge is 2.32. The number of guanidine groups is 2. The van der Waals surface area contributed by atoms with E-state index < -0.39 is 47.8 Å². The Balaban J connectivity index is 5.85. The highest BCUT2D eigenvalue weighted by atomic mass is 35.5. The lowest BCUT2D eigenvalue weighted by Crippen LogP contribution is -2.59. The molecule has 0 fully saturated rings. The van der Waals surface area contributed by atoms with Crippen LogP contribution in [0.15, 0.2) is 9.98 Å². The number of ketones is 1. The fraction of sp³-hybridized carbons (Fsp3) is 0.794. The van der Waals surface area contributed by atoms with E-state index in [1.54, 1.807) is 13.8 Å². The van der Waals surface area contributed by atoms with Crippen molar-refractivity contribution in [2.75, 3.05) is 25.5 Å². The number of halogens is 1. The first kappa shape index (κ1) is 47.3. The summed E-state index contributed by atoms with van der Waals surface area (Å²) in [5.74, 6) is -3.26. The van der Waals surface area contributed by atoms with Crippen molar-refractivity contribution in [3.05, 3.63) is 0 Å². The second-order valence-electron chi connectivity index (χ2n) is 13.1. The van der Waals surface area contributed by atoms with Crippen molar-refractivity contribution in [3.8, 4) is 0 Å². The van der Waals surface area contributed by atoms with Crippen LogP contribution in [0.3, 0.4) is 0 Å². The highest BCUT2D eigenvalue weighted by molar-refractivity contribution is 6.28. The minimum Gasteiger partial charge on any atom is -0.370 e. The monoisotopic (exact) mass is 743 g/mol. The summed E-state index contributed by atoms with van der Waals surface area (Å²) in [7, 11) is 0. The van der Waals surface area contributed by atoms with Gasteiger partial charge in [-0.1, -0.05) is 59.3 Å². The molecule has 0 spiro atoms. The molecule has 0 bridgehead atoms. The molecule has 4 amide bonds. The molecule has 0 aromatic rings. The summed E-state index contributed by atoms with van der Waals surface area (Å²) < 4.78 is 0. The molecule has 0 saturated carbocycles. The molecular formula is C34H66ClN11O5. The van der Waals surface area contributed by atoms with Crippen LogP contribution in [-0.2, 0) is 24.0 Å². The van der Waals surface area contributed by atoms with E-state index in [1.807, 2.05) is 0 Å². The predicted octanol–water partition coefficient (Wildman–Crippen LogP) is 0.766. The van der Waals surface area contributed by atoms with Crippen molar-refractivity contribution in [3.63, 3.8) is 0 Å². The molecule has 0 rings (SSSR count). The topological polar surface area (TPSA) is 288 Å². The number of unbranched alkanes of at least 4 members (excludes halogenated alkanes) is 7. The summed E-state index contributed by atoms with van der Waals surface area (Å²) >= 11 is 5.81. The van der Waals surface area contributed by atoms with E-state index in [4.69, 9.17) is 40.3 Å². The van der Waals surface area contributed by atoms with Crippen molar-refractivity contribution < 1.29 is 24.0 Å². The lowest BCUT2D eigenvalue weighted by atomic mass is 10.0. The second-order valence-corrected chi connectivity index (χ2v) is 13.4. The first-order chi connectivity index (χ1) is 24.3. The van der Waals surface area contributed by atoms with Gasteiger partial charge in [0.25, 0.3) is 0 Å². The summed E-state index contributed by atoms with van der Waals surface area (Å²) in [6.07, 6.45) is 10.3. The molecule has 0 aliphatic heterocycles. The molecule has 16 nitrogen and oxygen atoms in total. The van der Waals surface area contributed by atoms with Gasteiger partial charge in [-0.3, -0.25) is 34.0 Å². The molecule has 4 atom stereocenters. The second kappa shape index (κ2) is 29.0. The van der Waals surface area contributed by atoms with Gasteiger partial charge in [0, 0.05) is 19.5 Å². The maximum absolute atomic E-state index is 13.7. The van der Waals surface area contributed by atoms with Crippen LogP contribution in [0.2, 0.25) is 0 Å². The summed E-state index contributed by atoms with van der Waals surface area (Å²) in [6, 6.07) is -3.94. The van der Waals surface area contributed by atoms with Crippen LogP contribution in [0, 0.1) is 5.92 Å². The third-order valence-corrected chi connectivity index (χ3v) is 8.48. The lowest BCUT2D eigenvalue weighted by molar-refractivity contribution is -0.135. The molecule has 17 heteroatoms. The van der Waals surface area contributed by atoms with Crippen LogP contribution in [0.25, 0.3) is 0 Å². The summed E-state index contributed by atoms with van der Waals surface area (Å²) in [4.78, 5) is 74.1. The molecule has 294 valence electrons. The largest absolute Gasteiger partial charge is 0.370 e. The molecule has 0 aliphatic rings. The van der Waals surface area contributed by atoms with Gasteiger partial charge < -0.3 is 49.9 Å². The molecule has 0 aromatic heterocycles. The maximum Gasteiger partial charge on any atom is 0.243 e. The predicted molar refractivity (Wildman–Crippen MR) is 204 cm³/mol. The Morgan fingerprint density at radius 2 is 1.10 bits per heavy atom. The molecule has 14 N–H and O–H groups in total. The van der Waals surface area contributed by atoms with E-state index in [0.29, 0.717) is 45.1 Å². The Labute approximate surface area is 309 Å². The van der Waals surface area contributed by atoms with Crippen molar-refractivity contribution in [2.45, 2.75) is 141 Å². The number of Topliss-reactive ketones (excluding diaryl/α,β-unsaturated/α-hetero) is 1. The summed E-state index contributed by atoms with van der Waals surface area (Å²) in [6.45, 7) is 6.55. The zero-order valence-electron chi connectivity index (χ0n) is 31.0. The standard InChI is InChI=1S/C34H66ClN11O5/c1-4-5-6-7-8-9-10-18-28(48)43-25(16-13-20-41-33(37)38)31(50)46-29(23(2)3)32(51)45-26(17-14-21-42-34(39)40)30(49)44-24(27(47)22-35)15-11-12-19-36/h23-26,29H,4-22,36H2,1-3H3,(H,43,48)(H,44,49)(H,45,51)(H,46,50)(H4,37,38,41)(H4,39,40,42). The average molecular weight is 744 g/mol. The van der Waals surface area contributed by atoms with Crippen LogP contribution in [0.1, 0.15) is 117 Å². The summed E-state index contributed by atoms with van der Waals surface area (Å²) in [5.41, 5.74) is 27.3. The van der Waals surface area contributed by atoms with Gasteiger partial charge in [0.1, 0.15) is 18.1 Å². The van der Waals surface area contributed by atoms with Gasteiger partial charge in [0.2, 0.25) is 23.6 Å². The molecule has 0 radical (unpaired) electrons. The SMILES string of the molecule is CCCCCCCCCC(=O)NC(CCCN=C(N)N)C(=O)NC(C(=O)NC(CCCN=C(N)N)C(=O)NC(CCCCN)C(=O)CCl)C(C)C. The van der Waals surface area contributed by atoms with Crippen LogP contribution in [0.4, 0.5) is 0 Å². The Morgan fingerprint density at radius 1 is 0.608 bits per heavy atom. The fourth-order valence-corrected chi connectivity index (χ4v) is 5.46. The molecule has 4 unspecified atom stereocenters. The number of carbonyl (C=O) groups is 5. The first-order valence-corrected chi connectivity index (χ1v) is 18.9. The minimum atomic E-state index is -1.08. The van der Waals surface area contributed by atoms with E-state index in [9.17, 15) is 24.0 Å². The van der Waals surface area contributed by atoms with Crippen molar-refractivity contribution >= 4 is 52.9 Å². The van der Waals surface area contributed by atoms with Gasteiger partial charge in [0.15, 0.2) is 17.7 Å². The summed E-state index contributed by atoms with van der Waals surface area (Å²) in [5, 5.41) is 11.1. The van der Waals surface area contributed by atoms with Crippen molar-refractivity contribution in [1.29, 1.82) is 0 Å². The number of carbonyl (C=O) groups excluding carboxylic acids is 5. The third-order valence-electron chi connectivity index (χ3n) is 8.21. The molecular weight excluding hydrogens is 678 g/mol. The van der Waals surface area contributed by atoms with Gasteiger partial charge in [0.05, 0.1) is 11.9 Å². The number of hydrogen-bond donors (Lipinski definition) is 9.